The maximum Gasteiger partial charge on any atom is 0.253 e. The highest BCUT2D eigenvalue weighted by atomic mass is 79.9. The average Bonchev–Trinajstić information content (AvgIpc) is 2.87. The van der Waals surface area contributed by atoms with Crippen molar-refractivity contribution in [2.75, 3.05) is 7.05 Å². The highest BCUT2D eigenvalue weighted by Crippen LogP contribution is 2.30. The van der Waals surface area contributed by atoms with Crippen LogP contribution in [-0.2, 0) is 23.6 Å². The third-order valence-corrected chi connectivity index (χ3v) is 6.84. The van der Waals surface area contributed by atoms with Crippen LogP contribution in [0.4, 0.5) is 0 Å². The summed E-state index contributed by atoms with van der Waals surface area (Å²) in [6, 6.07) is 1.73. The van der Waals surface area contributed by atoms with Crippen molar-refractivity contribution in [1.29, 1.82) is 0 Å². The van der Waals surface area contributed by atoms with Crippen molar-refractivity contribution in [2.24, 2.45) is 7.05 Å². The minimum atomic E-state index is -3.45. The summed E-state index contributed by atoms with van der Waals surface area (Å²) >= 11 is 4.45. The van der Waals surface area contributed by atoms with Crippen molar-refractivity contribution >= 4 is 37.3 Å². The van der Waals surface area contributed by atoms with E-state index in [1.54, 1.807) is 42.6 Å². The van der Waals surface area contributed by atoms with Gasteiger partial charge in [0.25, 0.3) is 10.0 Å². The lowest BCUT2D eigenvalue weighted by atomic mass is 10.4. The normalized spacial score (nSPS) is 12.2. The van der Waals surface area contributed by atoms with Crippen LogP contribution in [0.1, 0.15) is 5.56 Å². The summed E-state index contributed by atoms with van der Waals surface area (Å²) in [6.45, 7) is 0.306. The molecule has 0 atom stereocenters. The van der Waals surface area contributed by atoms with Gasteiger partial charge in [-0.3, -0.25) is 4.68 Å². The quantitative estimate of drug-likeness (QED) is 0.848. The molecule has 0 saturated heterocycles. The van der Waals surface area contributed by atoms with Gasteiger partial charge in [-0.05, 0) is 27.4 Å². The lowest BCUT2D eigenvalue weighted by molar-refractivity contribution is 0.468. The number of aryl methyl sites for hydroxylation is 1. The molecule has 98 valence electrons. The van der Waals surface area contributed by atoms with Crippen LogP contribution < -0.4 is 0 Å². The van der Waals surface area contributed by atoms with Crippen LogP contribution in [0.15, 0.2) is 32.5 Å². The fourth-order valence-electron chi connectivity index (χ4n) is 1.50. The summed E-state index contributed by atoms with van der Waals surface area (Å²) in [5.41, 5.74) is 0.858. The van der Waals surface area contributed by atoms with E-state index < -0.39 is 10.0 Å². The van der Waals surface area contributed by atoms with Crippen molar-refractivity contribution in [3.05, 3.63) is 33.9 Å². The van der Waals surface area contributed by atoms with Crippen molar-refractivity contribution in [3.63, 3.8) is 0 Å². The zero-order valence-electron chi connectivity index (χ0n) is 9.87. The van der Waals surface area contributed by atoms with Crippen molar-refractivity contribution in [2.45, 2.75) is 10.8 Å². The lowest BCUT2D eigenvalue weighted by Gasteiger charge is -2.15. The predicted octanol–water partition coefficient (Wildman–Crippen LogP) is 2.06. The second-order valence-electron chi connectivity index (χ2n) is 3.84. The summed E-state index contributed by atoms with van der Waals surface area (Å²) in [5.74, 6) is 0. The van der Waals surface area contributed by atoms with E-state index in [0.29, 0.717) is 15.2 Å². The molecule has 8 heteroatoms. The third-order valence-electron chi connectivity index (χ3n) is 2.39. The third kappa shape index (κ3) is 2.66. The Labute approximate surface area is 118 Å². The number of rotatable bonds is 4. The largest absolute Gasteiger partial charge is 0.275 e. The van der Waals surface area contributed by atoms with E-state index in [2.05, 4.69) is 21.0 Å². The van der Waals surface area contributed by atoms with Gasteiger partial charge in [-0.25, -0.2) is 8.42 Å². The number of hydrogen-bond acceptors (Lipinski definition) is 4. The molecular weight excluding hydrogens is 338 g/mol. The minimum Gasteiger partial charge on any atom is -0.275 e. The minimum absolute atomic E-state index is 0.306. The van der Waals surface area contributed by atoms with Gasteiger partial charge in [-0.1, -0.05) is 0 Å². The van der Waals surface area contributed by atoms with Crippen molar-refractivity contribution < 1.29 is 8.42 Å². The van der Waals surface area contributed by atoms with E-state index in [-0.39, 0.29) is 0 Å². The van der Waals surface area contributed by atoms with Crippen LogP contribution in [0.3, 0.4) is 0 Å². The van der Waals surface area contributed by atoms with Gasteiger partial charge in [0.2, 0.25) is 0 Å². The summed E-state index contributed by atoms with van der Waals surface area (Å²) in [4.78, 5) is 0. The first-order valence-corrected chi connectivity index (χ1v) is 8.19. The fraction of sp³-hybridized carbons (Fsp3) is 0.300. The summed E-state index contributed by atoms with van der Waals surface area (Å²) in [5, 5.41) is 5.77. The van der Waals surface area contributed by atoms with Crippen molar-refractivity contribution in [3.8, 4) is 0 Å². The van der Waals surface area contributed by atoms with E-state index in [1.165, 1.54) is 15.6 Å². The second-order valence-corrected chi connectivity index (χ2v) is 7.85. The molecule has 2 heterocycles. The second kappa shape index (κ2) is 5.12. The van der Waals surface area contributed by atoms with Gasteiger partial charge in [0.05, 0.1) is 6.20 Å². The van der Waals surface area contributed by atoms with Gasteiger partial charge in [0, 0.05) is 36.9 Å². The van der Waals surface area contributed by atoms with Gasteiger partial charge >= 0.3 is 0 Å². The first-order chi connectivity index (χ1) is 8.41. The Hall–Kier alpha value is -0.700. The molecule has 0 fully saturated rings. The molecule has 0 bridgehead atoms. The number of hydrogen-bond donors (Lipinski definition) is 0. The van der Waals surface area contributed by atoms with Crippen LogP contribution in [0, 0.1) is 0 Å². The molecule has 2 aromatic heterocycles. The lowest BCUT2D eigenvalue weighted by Crippen LogP contribution is -2.25. The first-order valence-electron chi connectivity index (χ1n) is 5.08. The Morgan fingerprint density at radius 1 is 1.56 bits per heavy atom. The SMILES string of the molecule is CN(Cc1cnn(C)c1)S(=O)(=O)c1sccc1Br. The van der Waals surface area contributed by atoms with Gasteiger partial charge in [-0.15, -0.1) is 11.3 Å². The number of aromatic nitrogens is 2. The van der Waals surface area contributed by atoms with Gasteiger partial charge in [0.1, 0.15) is 4.21 Å². The molecule has 2 rings (SSSR count). The monoisotopic (exact) mass is 349 g/mol. The highest BCUT2D eigenvalue weighted by molar-refractivity contribution is 9.10. The van der Waals surface area contributed by atoms with Gasteiger partial charge in [0.15, 0.2) is 0 Å². The first kappa shape index (κ1) is 13.7. The molecular formula is C10H12BrN3O2S2. The van der Waals surface area contributed by atoms with Crippen LogP contribution in [-0.4, -0.2) is 29.6 Å². The number of thiophene rings is 1. The predicted molar refractivity (Wildman–Crippen MR) is 73.9 cm³/mol. The molecule has 18 heavy (non-hydrogen) atoms. The summed E-state index contributed by atoms with van der Waals surface area (Å²) < 4.78 is 28.5. The highest BCUT2D eigenvalue weighted by Gasteiger charge is 2.24. The number of sulfonamides is 1. The molecule has 0 aliphatic carbocycles. The zero-order chi connectivity index (χ0) is 13.3. The van der Waals surface area contributed by atoms with E-state index in [0.717, 1.165) is 5.56 Å². The van der Waals surface area contributed by atoms with E-state index in [1.807, 2.05) is 0 Å². The standard InChI is InChI=1S/C10H12BrN3O2S2/c1-13-6-8(5-12-13)7-14(2)18(15,16)10-9(11)3-4-17-10/h3-6H,7H2,1-2H3. The molecule has 0 saturated carbocycles. The zero-order valence-corrected chi connectivity index (χ0v) is 13.1. The maximum absolute atomic E-state index is 12.3. The Kier molecular flexibility index (Phi) is 3.90. The molecule has 0 amide bonds. The van der Waals surface area contributed by atoms with E-state index in [9.17, 15) is 8.42 Å². The Morgan fingerprint density at radius 3 is 2.78 bits per heavy atom. The Bertz CT molecular complexity index is 648. The van der Waals surface area contributed by atoms with Crippen LogP contribution in [0.5, 0.6) is 0 Å². The number of nitrogens with zero attached hydrogens (tertiary/aromatic N) is 3. The van der Waals surface area contributed by atoms with Crippen LogP contribution >= 0.6 is 27.3 Å². The molecule has 0 aliphatic rings. The molecule has 0 aromatic carbocycles. The smallest absolute Gasteiger partial charge is 0.253 e. The summed E-state index contributed by atoms with van der Waals surface area (Å²) in [6.07, 6.45) is 3.46. The van der Waals surface area contributed by atoms with Gasteiger partial charge in [-0.2, -0.15) is 9.40 Å². The molecule has 0 spiro atoms. The average molecular weight is 350 g/mol. The molecule has 0 aliphatic heterocycles. The van der Waals surface area contributed by atoms with Crippen LogP contribution in [0.25, 0.3) is 0 Å². The molecule has 5 nitrogen and oxygen atoms in total. The number of halogens is 1. The molecule has 0 unspecified atom stereocenters. The van der Waals surface area contributed by atoms with Gasteiger partial charge < -0.3 is 0 Å². The Morgan fingerprint density at radius 2 is 2.28 bits per heavy atom. The molecule has 0 radical (unpaired) electrons. The van der Waals surface area contributed by atoms with Crippen LogP contribution in [0.2, 0.25) is 0 Å². The maximum atomic E-state index is 12.3. The van der Waals surface area contributed by atoms with E-state index in [4.69, 9.17) is 0 Å². The topological polar surface area (TPSA) is 55.2 Å². The van der Waals surface area contributed by atoms with Crippen molar-refractivity contribution in [1.82, 2.24) is 14.1 Å². The Balaban J connectivity index is 2.23. The van der Waals surface area contributed by atoms with E-state index >= 15 is 0 Å². The molecule has 2 aromatic rings. The summed E-state index contributed by atoms with van der Waals surface area (Å²) in [7, 11) is -0.0839. The fourth-order valence-corrected chi connectivity index (χ4v) is 5.16. The molecule has 0 N–H and O–H groups in total.